The molecule has 0 spiro atoms. The smallest absolute Gasteiger partial charge is 0.306 e. The average molecular weight is 995 g/mol. The highest BCUT2D eigenvalue weighted by molar-refractivity contribution is 5.70. The van der Waals surface area contributed by atoms with Crippen LogP contribution in [0.25, 0.3) is 0 Å². The normalized spacial score (nSPS) is 12.6. The number of nitrogens with zero attached hydrogens (tertiary/aromatic N) is 1. The number of carbonyl (C=O) groups is 3. The number of hydrogen-bond donors (Lipinski definition) is 0. The number of ether oxygens (including phenoxy) is 4. The number of carbonyl (C=O) groups excluding carboxylic acids is 3. The van der Waals surface area contributed by atoms with Crippen LogP contribution in [0.4, 0.5) is 0 Å². The molecule has 0 saturated carbocycles. The lowest BCUT2D eigenvalue weighted by Gasteiger charge is -2.26. The Labute approximate surface area is 434 Å². The molecule has 416 valence electrons. The van der Waals surface area contributed by atoms with Gasteiger partial charge in [-0.05, 0) is 12.8 Å². The predicted octanol–water partition coefficient (Wildman–Crippen LogP) is 16.6. The topological polar surface area (TPSA) is 111 Å². The van der Waals surface area contributed by atoms with Crippen molar-refractivity contribution in [2.75, 3.05) is 47.5 Å². The molecule has 0 aliphatic rings. The minimum atomic E-state index is -1.61. The Hall–Kier alpha value is -1.71. The third kappa shape index (κ3) is 54.1. The number of esters is 2. The summed E-state index contributed by atoms with van der Waals surface area (Å²) in [6, 6.07) is 0. The Morgan fingerprint density at radius 2 is 0.643 bits per heavy atom. The zero-order valence-corrected chi connectivity index (χ0v) is 47.4. The van der Waals surface area contributed by atoms with Gasteiger partial charge in [-0.25, -0.2) is 0 Å². The molecule has 0 N–H and O–H groups in total. The van der Waals surface area contributed by atoms with E-state index in [1.165, 1.54) is 250 Å². The third-order valence-corrected chi connectivity index (χ3v) is 14.1. The van der Waals surface area contributed by atoms with Crippen molar-refractivity contribution in [2.24, 2.45) is 0 Å². The number of quaternary nitrogens is 1. The first-order chi connectivity index (χ1) is 34.1. The summed E-state index contributed by atoms with van der Waals surface area (Å²) in [7, 11) is 5.94. The minimum Gasteiger partial charge on any atom is -0.545 e. The number of rotatable bonds is 58. The molecule has 0 amide bonds. The lowest BCUT2D eigenvalue weighted by Crippen LogP contribution is -2.44. The molecule has 9 nitrogen and oxygen atoms in total. The van der Waals surface area contributed by atoms with Crippen LogP contribution in [0, 0.1) is 0 Å². The summed E-state index contributed by atoms with van der Waals surface area (Å²) in [6.07, 6.45) is 57.5. The van der Waals surface area contributed by atoms with Gasteiger partial charge in [0.1, 0.15) is 13.2 Å². The van der Waals surface area contributed by atoms with Crippen LogP contribution >= 0.6 is 0 Å². The lowest BCUT2D eigenvalue weighted by atomic mass is 10.0. The first-order valence-electron chi connectivity index (χ1n) is 30.7. The molecule has 0 heterocycles. The molecule has 0 fully saturated rings. The molecule has 0 saturated heterocycles. The molecular formula is C61H119NO8. The molecule has 0 aromatic rings. The van der Waals surface area contributed by atoms with Crippen LogP contribution in [0.2, 0.25) is 0 Å². The SMILES string of the molecule is CCCCCCCCCCCCCCCCCCCCCCCCCCCCCCCCCC(=O)OC(COC(=O)CCCCCCCCCCCCCCCC)COC(OCC[N+](C)(C)C)C(=O)[O-]. The fourth-order valence-corrected chi connectivity index (χ4v) is 9.36. The second-order valence-electron chi connectivity index (χ2n) is 22.4. The highest BCUT2D eigenvalue weighted by Gasteiger charge is 2.22. The third-order valence-electron chi connectivity index (χ3n) is 14.1. The van der Waals surface area contributed by atoms with Crippen molar-refractivity contribution in [1.82, 2.24) is 0 Å². The summed E-state index contributed by atoms with van der Waals surface area (Å²) >= 11 is 0. The Bertz CT molecular complexity index is 1110. The molecule has 0 aromatic carbocycles. The quantitative estimate of drug-likeness (QED) is 0.0256. The summed E-state index contributed by atoms with van der Waals surface area (Å²) < 4.78 is 22.7. The predicted molar refractivity (Wildman–Crippen MR) is 293 cm³/mol. The van der Waals surface area contributed by atoms with Crippen molar-refractivity contribution in [3.8, 4) is 0 Å². The molecular weight excluding hydrogens is 875 g/mol. The number of aliphatic carboxylic acids is 1. The number of hydrogen-bond acceptors (Lipinski definition) is 8. The molecule has 0 rings (SSSR count). The molecule has 0 aliphatic carbocycles. The van der Waals surface area contributed by atoms with Crippen molar-refractivity contribution in [3.05, 3.63) is 0 Å². The number of likely N-dealkylation sites (N-methyl/N-ethyl adjacent to an activating group) is 1. The van der Waals surface area contributed by atoms with Gasteiger partial charge in [-0.2, -0.15) is 0 Å². The van der Waals surface area contributed by atoms with Crippen LogP contribution in [0.15, 0.2) is 0 Å². The Kier molecular flexibility index (Phi) is 52.3. The largest absolute Gasteiger partial charge is 0.545 e. The van der Waals surface area contributed by atoms with E-state index in [9.17, 15) is 19.5 Å². The van der Waals surface area contributed by atoms with Gasteiger partial charge in [0, 0.05) is 12.8 Å². The fourth-order valence-electron chi connectivity index (χ4n) is 9.36. The van der Waals surface area contributed by atoms with Gasteiger partial charge in [0.2, 0.25) is 0 Å². The van der Waals surface area contributed by atoms with Gasteiger partial charge in [0.25, 0.3) is 0 Å². The fraction of sp³-hybridized carbons (Fsp3) is 0.951. The Morgan fingerprint density at radius 1 is 0.371 bits per heavy atom. The maximum atomic E-state index is 12.9. The van der Waals surface area contributed by atoms with Gasteiger partial charge in [0.15, 0.2) is 12.4 Å². The van der Waals surface area contributed by atoms with E-state index < -0.39 is 24.3 Å². The standard InChI is InChI=1S/C61H119NO8/c1-6-8-10-12-14-16-18-20-22-23-24-25-26-27-28-29-30-31-32-33-34-35-36-37-38-40-42-44-46-48-50-52-59(64)70-57(56-69-61(60(65)66)67-54-53-62(3,4)5)55-68-58(63)51-49-47-45-43-41-39-21-19-17-15-13-11-9-7-2/h57,61H,6-56H2,1-5H3. The number of carboxylic acids is 1. The molecule has 70 heavy (non-hydrogen) atoms. The van der Waals surface area contributed by atoms with Gasteiger partial charge < -0.3 is 33.3 Å². The summed E-state index contributed by atoms with van der Waals surface area (Å²) in [5, 5.41) is 11.8. The van der Waals surface area contributed by atoms with E-state index in [1.54, 1.807) is 0 Å². The van der Waals surface area contributed by atoms with E-state index in [-0.39, 0.29) is 32.2 Å². The summed E-state index contributed by atoms with van der Waals surface area (Å²) in [5.41, 5.74) is 0. The first kappa shape index (κ1) is 68.3. The van der Waals surface area contributed by atoms with E-state index in [0.29, 0.717) is 17.4 Å². The van der Waals surface area contributed by atoms with Crippen LogP contribution in [0.5, 0.6) is 0 Å². The number of unbranched alkanes of at least 4 members (excludes halogenated alkanes) is 43. The minimum absolute atomic E-state index is 0.153. The van der Waals surface area contributed by atoms with Gasteiger partial charge in [0.05, 0.1) is 40.3 Å². The lowest BCUT2D eigenvalue weighted by molar-refractivity contribution is -0.870. The average Bonchev–Trinajstić information content (AvgIpc) is 3.33. The second kappa shape index (κ2) is 53.6. The van der Waals surface area contributed by atoms with Crippen molar-refractivity contribution < 1.29 is 42.9 Å². The first-order valence-corrected chi connectivity index (χ1v) is 30.7. The molecule has 2 atom stereocenters. The maximum absolute atomic E-state index is 12.9. The van der Waals surface area contributed by atoms with Crippen LogP contribution < -0.4 is 5.11 Å². The van der Waals surface area contributed by atoms with Gasteiger partial charge in [-0.1, -0.05) is 290 Å². The van der Waals surface area contributed by atoms with Crippen molar-refractivity contribution in [2.45, 2.75) is 328 Å². The van der Waals surface area contributed by atoms with Crippen molar-refractivity contribution >= 4 is 17.9 Å². The molecule has 0 bridgehead atoms. The summed E-state index contributed by atoms with van der Waals surface area (Å²) in [6.45, 7) is 4.81. The molecule has 0 aromatic heterocycles. The van der Waals surface area contributed by atoms with Gasteiger partial charge in [-0.15, -0.1) is 0 Å². The van der Waals surface area contributed by atoms with Crippen LogP contribution in [-0.4, -0.2) is 82.3 Å². The monoisotopic (exact) mass is 994 g/mol. The van der Waals surface area contributed by atoms with E-state index in [1.807, 2.05) is 21.1 Å². The van der Waals surface area contributed by atoms with Crippen LogP contribution in [-0.2, 0) is 33.3 Å². The van der Waals surface area contributed by atoms with E-state index in [0.717, 1.165) is 38.5 Å². The highest BCUT2D eigenvalue weighted by atomic mass is 16.7. The van der Waals surface area contributed by atoms with Crippen LogP contribution in [0.1, 0.15) is 316 Å². The molecule has 9 heteroatoms. The van der Waals surface area contributed by atoms with E-state index in [4.69, 9.17) is 18.9 Å². The Morgan fingerprint density at radius 3 is 0.914 bits per heavy atom. The van der Waals surface area contributed by atoms with Crippen molar-refractivity contribution in [3.63, 3.8) is 0 Å². The highest BCUT2D eigenvalue weighted by Crippen LogP contribution is 2.18. The van der Waals surface area contributed by atoms with Crippen LogP contribution in [0.3, 0.4) is 0 Å². The molecule has 0 aliphatic heterocycles. The number of carboxylic acid groups (broad SMARTS) is 1. The molecule has 2 unspecified atom stereocenters. The summed E-state index contributed by atoms with van der Waals surface area (Å²) in [4.78, 5) is 37.2. The van der Waals surface area contributed by atoms with E-state index >= 15 is 0 Å². The molecule has 0 radical (unpaired) electrons. The maximum Gasteiger partial charge on any atom is 0.306 e. The second-order valence-corrected chi connectivity index (χ2v) is 22.4. The zero-order valence-electron chi connectivity index (χ0n) is 47.4. The van der Waals surface area contributed by atoms with E-state index in [2.05, 4.69) is 13.8 Å². The Balaban J connectivity index is 4.03. The zero-order chi connectivity index (χ0) is 51.3. The van der Waals surface area contributed by atoms with Gasteiger partial charge in [-0.3, -0.25) is 9.59 Å². The van der Waals surface area contributed by atoms with Gasteiger partial charge >= 0.3 is 11.9 Å². The summed E-state index contributed by atoms with van der Waals surface area (Å²) in [5.74, 6) is -2.25. The van der Waals surface area contributed by atoms with Crippen molar-refractivity contribution in [1.29, 1.82) is 0 Å².